The second-order valence-corrected chi connectivity index (χ2v) is 6.19. The molecule has 26 heavy (non-hydrogen) atoms. The van der Waals surface area contributed by atoms with Crippen LogP contribution >= 0.6 is 11.6 Å². The minimum absolute atomic E-state index is 0.347. The van der Waals surface area contributed by atoms with Gasteiger partial charge in [-0.15, -0.1) is 0 Å². The predicted molar refractivity (Wildman–Crippen MR) is 102 cm³/mol. The minimum atomic E-state index is -0.740. The molecule has 3 rings (SSSR count). The third-order valence-corrected chi connectivity index (χ3v) is 4.49. The number of carbonyl (C=O) groups excluding carboxylic acids is 1. The molecule has 1 heterocycles. The number of esters is 1. The van der Waals surface area contributed by atoms with E-state index in [0.717, 1.165) is 27.6 Å². The fraction of sp³-hybridized carbons (Fsp3) is 0.150. The van der Waals surface area contributed by atoms with Gasteiger partial charge in [-0.3, -0.25) is 9.78 Å². The van der Waals surface area contributed by atoms with Gasteiger partial charge in [-0.2, -0.15) is 0 Å². The van der Waals surface area contributed by atoms with Crippen molar-refractivity contribution in [2.45, 2.75) is 12.5 Å². The highest BCUT2D eigenvalue weighted by Crippen LogP contribution is 2.36. The van der Waals surface area contributed by atoms with Gasteiger partial charge in [0.1, 0.15) is 6.04 Å². The topological polar surface area (TPSA) is 69.6 Å². The first kappa shape index (κ1) is 17.9. The van der Waals surface area contributed by atoms with Crippen LogP contribution < -0.4 is 5.73 Å². The molecule has 0 spiro atoms. The molecule has 0 aliphatic rings. The Morgan fingerprint density at radius 3 is 2.77 bits per heavy atom. The van der Waals surface area contributed by atoms with Crippen molar-refractivity contribution in [2.75, 3.05) is 7.11 Å². The van der Waals surface area contributed by atoms with E-state index in [1.807, 2.05) is 30.3 Å². The van der Waals surface area contributed by atoms with E-state index in [9.17, 15) is 4.79 Å². The number of nitrogens with zero attached hydrogens (tertiary/aromatic N) is 2. The fourth-order valence-corrected chi connectivity index (χ4v) is 3.17. The summed E-state index contributed by atoms with van der Waals surface area (Å²) in [4.78, 5) is 19.5. The van der Waals surface area contributed by atoms with Gasteiger partial charge in [-0.05, 0) is 29.7 Å². The molecule has 130 valence electrons. The molecule has 0 fully saturated rings. The van der Waals surface area contributed by atoms with Crippen LogP contribution in [-0.2, 0) is 16.0 Å². The zero-order chi connectivity index (χ0) is 18.7. The SMILES string of the molecule is [C-]#[N+]c1ccc(-c2ccc(C[C@H](N)C(=O)OC)c3cccnc23)c(Cl)c1. The molecule has 0 unspecified atom stereocenters. The Kier molecular flexibility index (Phi) is 5.17. The van der Waals surface area contributed by atoms with Crippen LogP contribution in [0.1, 0.15) is 5.56 Å². The van der Waals surface area contributed by atoms with Crippen molar-refractivity contribution in [2.24, 2.45) is 5.73 Å². The number of hydrogen-bond donors (Lipinski definition) is 1. The molecule has 2 N–H and O–H groups in total. The second-order valence-electron chi connectivity index (χ2n) is 5.78. The number of ether oxygens (including phenoxy) is 1. The Bertz CT molecular complexity index is 1030. The summed E-state index contributed by atoms with van der Waals surface area (Å²) in [5, 5.41) is 1.39. The van der Waals surface area contributed by atoms with Crippen LogP contribution in [0.4, 0.5) is 5.69 Å². The van der Waals surface area contributed by atoms with E-state index in [1.54, 1.807) is 18.3 Å². The smallest absolute Gasteiger partial charge is 0.322 e. The van der Waals surface area contributed by atoms with Gasteiger partial charge in [0.05, 0.1) is 19.2 Å². The summed E-state index contributed by atoms with van der Waals surface area (Å²) >= 11 is 6.38. The molecular formula is C20H16ClN3O2. The number of hydrogen-bond acceptors (Lipinski definition) is 4. The van der Waals surface area contributed by atoms with Gasteiger partial charge >= 0.3 is 5.97 Å². The minimum Gasteiger partial charge on any atom is -0.468 e. The van der Waals surface area contributed by atoms with Crippen molar-refractivity contribution >= 4 is 34.2 Å². The lowest BCUT2D eigenvalue weighted by molar-refractivity contribution is -0.142. The first-order valence-corrected chi connectivity index (χ1v) is 8.30. The molecule has 6 heteroatoms. The van der Waals surface area contributed by atoms with Crippen LogP contribution in [0.5, 0.6) is 0 Å². The van der Waals surface area contributed by atoms with Gasteiger partial charge in [-0.25, -0.2) is 4.85 Å². The molecule has 1 atom stereocenters. The van der Waals surface area contributed by atoms with Gasteiger partial charge in [0, 0.05) is 22.2 Å². The van der Waals surface area contributed by atoms with Crippen LogP contribution in [0, 0.1) is 6.57 Å². The summed E-state index contributed by atoms with van der Waals surface area (Å²) in [7, 11) is 1.32. The summed E-state index contributed by atoms with van der Waals surface area (Å²) in [6.45, 7) is 7.09. The van der Waals surface area contributed by atoms with Crippen molar-refractivity contribution in [1.82, 2.24) is 4.98 Å². The molecule has 3 aromatic rings. The number of aromatic nitrogens is 1. The Labute approximate surface area is 156 Å². The van der Waals surface area contributed by atoms with Crippen LogP contribution in [0.15, 0.2) is 48.7 Å². The van der Waals surface area contributed by atoms with Crippen molar-refractivity contribution in [1.29, 1.82) is 0 Å². The molecular weight excluding hydrogens is 350 g/mol. The van der Waals surface area contributed by atoms with E-state index in [4.69, 9.17) is 28.6 Å². The monoisotopic (exact) mass is 365 g/mol. The lowest BCUT2D eigenvalue weighted by Crippen LogP contribution is -2.33. The maximum atomic E-state index is 11.6. The van der Waals surface area contributed by atoms with E-state index >= 15 is 0 Å². The number of fused-ring (bicyclic) bond motifs is 1. The van der Waals surface area contributed by atoms with Crippen molar-refractivity contribution in [3.63, 3.8) is 0 Å². The number of nitrogens with two attached hydrogens (primary N) is 1. The zero-order valence-corrected chi connectivity index (χ0v) is 14.8. The first-order chi connectivity index (χ1) is 12.5. The maximum Gasteiger partial charge on any atom is 0.322 e. The molecule has 0 aliphatic carbocycles. The average molecular weight is 366 g/mol. The normalized spacial score (nSPS) is 11.8. The summed E-state index contributed by atoms with van der Waals surface area (Å²) in [5.41, 5.74) is 9.72. The quantitative estimate of drug-likeness (QED) is 0.557. The van der Waals surface area contributed by atoms with E-state index in [2.05, 4.69) is 9.83 Å². The number of halogens is 1. The molecule has 5 nitrogen and oxygen atoms in total. The summed E-state index contributed by atoms with van der Waals surface area (Å²) in [6.07, 6.45) is 2.05. The second kappa shape index (κ2) is 7.52. The van der Waals surface area contributed by atoms with Crippen molar-refractivity contribution in [3.05, 3.63) is 70.7 Å². The van der Waals surface area contributed by atoms with Crippen LogP contribution in [0.3, 0.4) is 0 Å². The summed E-state index contributed by atoms with van der Waals surface area (Å²) in [6, 6.07) is 12.0. The predicted octanol–water partition coefficient (Wildman–Crippen LogP) is 4.15. The molecule has 0 saturated heterocycles. The van der Waals surface area contributed by atoms with Gasteiger partial charge in [-0.1, -0.05) is 41.9 Å². The van der Waals surface area contributed by atoms with Crippen LogP contribution in [0.25, 0.3) is 26.9 Å². The van der Waals surface area contributed by atoms with Gasteiger partial charge in [0.25, 0.3) is 0 Å². The van der Waals surface area contributed by atoms with Crippen LogP contribution in [-0.4, -0.2) is 24.1 Å². The van der Waals surface area contributed by atoms with E-state index in [1.165, 1.54) is 7.11 Å². The van der Waals surface area contributed by atoms with E-state index in [-0.39, 0.29) is 0 Å². The Morgan fingerprint density at radius 1 is 1.31 bits per heavy atom. The standard InChI is InChI=1S/C20H16ClN3O2/c1-23-13-6-8-15(17(21)11-13)16-7-5-12(10-18(22)20(25)26-2)14-4-3-9-24-19(14)16/h3-9,11,18H,10,22H2,2H3/t18-/m0/s1. The zero-order valence-electron chi connectivity index (χ0n) is 14.1. The highest BCUT2D eigenvalue weighted by atomic mass is 35.5. The molecule has 0 amide bonds. The number of rotatable bonds is 4. The Balaban J connectivity index is 2.12. The highest BCUT2D eigenvalue weighted by molar-refractivity contribution is 6.34. The van der Waals surface area contributed by atoms with Gasteiger partial charge < -0.3 is 10.5 Å². The molecule has 1 aromatic heterocycles. The van der Waals surface area contributed by atoms with Gasteiger partial charge in [0.15, 0.2) is 5.69 Å². The number of methoxy groups -OCH3 is 1. The first-order valence-electron chi connectivity index (χ1n) is 7.92. The molecule has 0 radical (unpaired) electrons. The largest absolute Gasteiger partial charge is 0.468 e. The maximum absolute atomic E-state index is 11.6. The van der Waals surface area contributed by atoms with Crippen molar-refractivity contribution < 1.29 is 9.53 Å². The lowest BCUT2D eigenvalue weighted by atomic mass is 9.95. The Hall–Kier alpha value is -2.94. The number of carbonyl (C=O) groups is 1. The molecule has 0 saturated carbocycles. The Morgan fingerprint density at radius 2 is 2.08 bits per heavy atom. The summed E-state index contributed by atoms with van der Waals surface area (Å²) < 4.78 is 4.71. The molecule has 0 aliphatic heterocycles. The van der Waals surface area contributed by atoms with Crippen molar-refractivity contribution in [3.8, 4) is 11.1 Å². The number of pyridine rings is 1. The highest BCUT2D eigenvalue weighted by Gasteiger charge is 2.18. The number of benzene rings is 2. The average Bonchev–Trinajstić information content (AvgIpc) is 2.67. The summed E-state index contributed by atoms with van der Waals surface area (Å²) in [5.74, 6) is -0.455. The molecule has 2 aromatic carbocycles. The van der Waals surface area contributed by atoms with E-state index in [0.29, 0.717) is 17.1 Å². The fourth-order valence-electron chi connectivity index (χ4n) is 2.89. The third kappa shape index (κ3) is 3.38. The van der Waals surface area contributed by atoms with Gasteiger partial charge in [0.2, 0.25) is 0 Å². The van der Waals surface area contributed by atoms with Crippen LogP contribution in [0.2, 0.25) is 5.02 Å². The van der Waals surface area contributed by atoms with E-state index < -0.39 is 12.0 Å². The third-order valence-electron chi connectivity index (χ3n) is 4.18. The lowest BCUT2D eigenvalue weighted by Gasteiger charge is -2.14. The molecule has 0 bridgehead atoms.